The topological polar surface area (TPSA) is 69.8 Å². The number of aromatic amines is 1. The van der Waals surface area contributed by atoms with Crippen LogP contribution in [0, 0.1) is 11.7 Å². The Hall–Kier alpha value is -2.21. The van der Waals surface area contributed by atoms with Crippen LogP contribution in [0.1, 0.15) is 23.8 Å². The lowest BCUT2D eigenvalue weighted by molar-refractivity contribution is 0.0909. The second kappa shape index (κ2) is 6.27. The molecule has 1 amide bonds. The third-order valence-corrected chi connectivity index (χ3v) is 4.06. The zero-order valence-corrected chi connectivity index (χ0v) is 12.4. The second-order valence-corrected chi connectivity index (χ2v) is 5.72. The number of hydrogen-bond donors (Lipinski definition) is 3. The van der Waals surface area contributed by atoms with Gasteiger partial charge in [0.2, 0.25) is 0 Å². The molecule has 0 saturated carbocycles. The Morgan fingerprint density at radius 1 is 1.36 bits per heavy atom. The van der Waals surface area contributed by atoms with Crippen LogP contribution in [0.25, 0.3) is 11.3 Å². The Balaban J connectivity index is 1.70. The highest BCUT2D eigenvalue weighted by molar-refractivity contribution is 5.93. The van der Waals surface area contributed by atoms with Gasteiger partial charge in [-0.1, -0.05) is 6.92 Å². The third-order valence-electron chi connectivity index (χ3n) is 4.06. The van der Waals surface area contributed by atoms with E-state index in [-0.39, 0.29) is 17.8 Å². The van der Waals surface area contributed by atoms with Gasteiger partial charge in [-0.05, 0) is 55.8 Å². The first-order chi connectivity index (χ1) is 10.6. The van der Waals surface area contributed by atoms with Crippen molar-refractivity contribution in [1.82, 2.24) is 20.8 Å². The number of benzene rings is 1. The predicted octanol–water partition coefficient (Wildman–Crippen LogP) is 1.94. The lowest BCUT2D eigenvalue weighted by Crippen LogP contribution is -2.48. The fraction of sp³-hybridized carbons (Fsp3) is 0.375. The summed E-state index contributed by atoms with van der Waals surface area (Å²) in [5.74, 6) is -0.0473. The average Bonchev–Trinajstić information content (AvgIpc) is 3.00. The molecule has 0 aliphatic carbocycles. The maximum atomic E-state index is 12.9. The van der Waals surface area contributed by atoms with Crippen molar-refractivity contribution in [3.05, 3.63) is 41.8 Å². The van der Waals surface area contributed by atoms with Gasteiger partial charge in [0.05, 0.1) is 5.69 Å². The molecule has 2 atom stereocenters. The lowest BCUT2D eigenvalue weighted by Gasteiger charge is -2.29. The summed E-state index contributed by atoms with van der Waals surface area (Å²) in [5, 5.41) is 13.2. The first-order valence-electron chi connectivity index (χ1n) is 7.46. The van der Waals surface area contributed by atoms with Crippen molar-refractivity contribution >= 4 is 5.91 Å². The Kier molecular flexibility index (Phi) is 4.20. The number of rotatable bonds is 3. The quantitative estimate of drug-likeness (QED) is 0.811. The molecule has 22 heavy (non-hydrogen) atoms. The average molecular weight is 302 g/mol. The van der Waals surface area contributed by atoms with Gasteiger partial charge in [0.15, 0.2) is 0 Å². The van der Waals surface area contributed by atoms with Crippen molar-refractivity contribution in [3.63, 3.8) is 0 Å². The molecule has 2 unspecified atom stereocenters. The highest BCUT2D eigenvalue weighted by Crippen LogP contribution is 2.18. The summed E-state index contributed by atoms with van der Waals surface area (Å²) in [5.41, 5.74) is 1.82. The van der Waals surface area contributed by atoms with Gasteiger partial charge in [-0.3, -0.25) is 9.89 Å². The monoisotopic (exact) mass is 302 g/mol. The third kappa shape index (κ3) is 3.17. The number of hydrogen-bond acceptors (Lipinski definition) is 3. The molecule has 1 fully saturated rings. The van der Waals surface area contributed by atoms with Crippen LogP contribution in [-0.4, -0.2) is 35.2 Å². The number of aromatic nitrogens is 2. The molecule has 1 aliphatic rings. The summed E-state index contributed by atoms with van der Waals surface area (Å²) in [7, 11) is 0. The van der Waals surface area contributed by atoms with Crippen LogP contribution in [0.4, 0.5) is 4.39 Å². The molecule has 2 aromatic rings. The van der Waals surface area contributed by atoms with Crippen molar-refractivity contribution in [2.45, 2.75) is 19.4 Å². The Bertz CT molecular complexity index is 652. The van der Waals surface area contributed by atoms with Gasteiger partial charge in [0.25, 0.3) is 5.91 Å². The van der Waals surface area contributed by atoms with E-state index in [0.29, 0.717) is 17.3 Å². The molecule has 0 spiro atoms. The maximum Gasteiger partial charge on any atom is 0.269 e. The molecule has 1 saturated heterocycles. The molecule has 1 aromatic carbocycles. The molecule has 1 aromatic heterocycles. The van der Waals surface area contributed by atoms with Crippen molar-refractivity contribution in [2.24, 2.45) is 5.92 Å². The van der Waals surface area contributed by atoms with Crippen LogP contribution in [0.2, 0.25) is 0 Å². The summed E-state index contributed by atoms with van der Waals surface area (Å²) in [6, 6.07) is 7.89. The summed E-state index contributed by atoms with van der Waals surface area (Å²) in [6.07, 6.45) is 0.922. The molecule has 0 bridgehead atoms. The van der Waals surface area contributed by atoms with Crippen LogP contribution in [0.15, 0.2) is 30.3 Å². The summed E-state index contributed by atoms with van der Waals surface area (Å²) in [6.45, 7) is 3.95. The van der Waals surface area contributed by atoms with Crippen LogP contribution >= 0.6 is 0 Å². The molecule has 5 nitrogen and oxygen atoms in total. The van der Waals surface area contributed by atoms with E-state index in [1.165, 1.54) is 12.1 Å². The zero-order valence-electron chi connectivity index (χ0n) is 12.4. The normalized spacial score (nSPS) is 21.5. The van der Waals surface area contributed by atoms with Crippen LogP contribution < -0.4 is 10.6 Å². The van der Waals surface area contributed by atoms with Crippen molar-refractivity contribution in [2.75, 3.05) is 13.1 Å². The number of carbonyl (C=O) groups excluding carboxylic acids is 1. The van der Waals surface area contributed by atoms with Gasteiger partial charge >= 0.3 is 0 Å². The number of halogens is 1. The smallest absolute Gasteiger partial charge is 0.269 e. The molecule has 6 heteroatoms. The van der Waals surface area contributed by atoms with Gasteiger partial charge in [-0.2, -0.15) is 5.10 Å². The van der Waals surface area contributed by atoms with E-state index in [1.54, 1.807) is 18.2 Å². The molecule has 2 heterocycles. The number of amides is 1. The van der Waals surface area contributed by atoms with E-state index in [9.17, 15) is 9.18 Å². The molecule has 3 N–H and O–H groups in total. The fourth-order valence-corrected chi connectivity index (χ4v) is 2.68. The summed E-state index contributed by atoms with van der Waals surface area (Å²) < 4.78 is 12.9. The van der Waals surface area contributed by atoms with Crippen LogP contribution in [-0.2, 0) is 0 Å². The molecular weight excluding hydrogens is 283 g/mol. The Labute approximate surface area is 128 Å². The standard InChI is InChI=1S/C16H19FN4O/c1-10-9-18-7-6-13(10)19-16(22)15-8-14(20-21-15)11-2-4-12(17)5-3-11/h2-5,8,10,13,18H,6-7,9H2,1H3,(H,19,22)(H,20,21). The zero-order chi connectivity index (χ0) is 15.5. The summed E-state index contributed by atoms with van der Waals surface area (Å²) in [4.78, 5) is 12.3. The predicted molar refractivity (Wildman–Crippen MR) is 81.9 cm³/mol. The molecular formula is C16H19FN4O. The SMILES string of the molecule is CC1CNCCC1NC(=O)c1cc(-c2ccc(F)cc2)n[nH]1. The summed E-state index contributed by atoms with van der Waals surface area (Å²) >= 11 is 0. The molecule has 1 aliphatic heterocycles. The maximum absolute atomic E-state index is 12.9. The molecule has 116 valence electrons. The van der Waals surface area contributed by atoms with Gasteiger partial charge in [-0.15, -0.1) is 0 Å². The number of nitrogens with one attached hydrogen (secondary N) is 3. The Morgan fingerprint density at radius 2 is 2.14 bits per heavy atom. The van der Waals surface area contributed by atoms with E-state index < -0.39 is 0 Å². The number of piperidine rings is 1. The van der Waals surface area contributed by atoms with E-state index in [2.05, 4.69) is 27.8 Å². The Morgan fingerprint density at radius 3 is 2.86 bits per heavy atom. The van der Waals surface area contributed by atoms with E-state index >= 15 is 0 Å². The van der Waals surface area contributed by atoms with Crippen LogP contribution in [0.3, 0.4) is 0 Å². The second-order valence-electron chi connectivity index (χ2n) is 5.72. The first-order valence-corrected chi connectivity index (χ1v) is 7.46. The molecule has 3 rings (SSSR count). The fourth-order valence-electron chi connectivity index (χ4n) is 2.68. The number of H-pyrrole nitrogens is 1. The lowest BCUT2D eigenvalue weighted by atomic mass is 9.95. The molecule has 0 radical (unpaired) electrons. The highest BCUT2D eigenvalue weighted by atomic mass is 19.1. The number of carbonyl (C=O) groups is 1. The van der Waals surface area contributed by atoms with E-state index in [4.69, 9.17) is 0 Å². The van der Waals surface area contributed by atoms with E-state index in [0.717, 1.165) is 25.1 Å². The van der Waals surface area contributed by atoms with Gasteiger partial charge in [-0.25, -0.2) is 4.39 Å². The van der Waals surface area contributed by atoms with Gasteiger partial charge < -0.3 is 10.6 Å². The van der Waals surface area contributed by atoms with Gasteiger partial charge in [0, 0.05) is 11.6 Å². The largest absolute Gasteiger partial charge is 0.348 e. The number of nitrogens with zero attached hydrogens (tertiary/aromatic N) is 1. The minimum absolute atomic E-state index is 0.153. The van der Waals surface area contributed by atoms with Gasteiger partial charge in [0.1, 0.15) is 11.5 Å². The minimum atomic E-state index is -0.294. The van der Waals surface area contributed by atoms with Crippen molar-refractivity contribution < 1.29 is 9.18 Å². The van der Waals surface area contributed by atoms with Crippen molar-refractivity contribution in [1.29, 1.82) is 0 Å². The van der Waals surface area contributed by atoms with Crippen LogP contribution in [0.5, 0.6) is 0 Å². The minimum Gasteiger partial charge on any atom is -0.348 e. The first kappa shape index (κ1) is 14.7. The van der Waals surface area contributed by atoms with Crippen molar-refractivity contribution in [3.8, 4) is 11.3 Å². The highest BCUT2D eigenvalue weighted by Gasteiger charge is 2.23. The van der Waals surface area contributed by atoms with E-state index in [1.807, 2.05) is 0 Å².